The number of hydrogen-bond acceptors (Lipinski definition) is 2. The lowest BCUT2D eigenvalue weighted by Crippen LogP contribution is -2.21. The summed E-state index contributed by atoms with van der Waals surface area (Å²) < 4.78 is 13.6. The first-order valence-electron chi connectivity index (χ1n) is 6.19. The third-order valence-corrected chi connectivity index (χ3v) is 3.19. The van der Waals surface area contributed by atoms with Crippen molar-refractivity contribution in [2.75, 3.05) is 0 Å². The Kier molecular flexibility index (Phi) is 4.51. The maximum atomic E-state index is 13.6. The van der Waals surface area contributed by atoms with Crippen LogP contribution in [0.15, 0.2) is 36.7 Å². The number of nitrogens with one attached hydrogen (secondary N) is 1. The van der Waals surface area contributed by atoms with Gasteiger partial charge < -0.3 is 5.32 Å². The number of hydrogen-bond donors (Lipinski definition) is 1. The van der Waals surface area contributed by atoms with E-state index in [2.05, 4.69) is 24.1 Å². The number of pyridine rings is 1. The van der Waals surface area contributed by atoms with Gasteiger partial charge in [0.05, 0.1) is 6.20 Å². The zero-order valence-corrected chi connectivity index (χ0v) is 11.7. The monoisotopic (exact) mass is 278 g/mol. The average Bonchev–Trinajstić information content (AvgIpc) is 2.37. The average molecular weight is 279 g/mol. The highest BCUT2D eigenvalue weighted by Crippen LogP contribution is 2.27. The van der Waals surface area contributed by atoms with Crippen molar-refractivity contribution >= 4 is 11.6 Å². The molecule has 0 spiro atoms. The zero-order chi connectivity index (χ0) is 13.8. The largest absolute Gasteiger partial charge is 0.310 e. The van der Waals surface area contributed by atoms with Gasteiger partial charge in [-0.05, 0) is 23.3 Å². The van der Waals surface area contributed by atoms with E-state index in [1.165, 1.54) is 6.20 Å². The number of halogens is 2. The highest BCUT2D eigenvalue weighted by atomic mass is 35.5. The Bertz CT molecular complexity index is 570. The second kappa shape index (κ2) is 6.13. The van der Waals surface area contributed by atoms with Crippen LogP contribution in [0.2, 0.25) is 5.02 Å². The molecule has 2 rings (SSSR count). The lowest BCUT2D eigenvalue weighted by Gasteiger charge is -2.11. The third kappa shape index (κ3) is 3.52. The van der Waals surface area contributed by atoms with E-state index in [0.717, 1.165) is 11.1 Å². The maximum absolute atomic E-state index is 13.6. The predicted molar refractivity (Wildman–Crippen MR) is 76.6 cm³/mol. The van der Waals surface area contributed by atoms with E-state index in [9.17, 15) is 4.39 Å². The molecule has 19 heavy (non-hydrogen) atoms. The van der Waals surface area contributed by atoms with Crippen LogP contribution in [-0.2, 0) is 6.54 Å². The van der Waals surface area contributed by atoms with Gasteiger partial charge in [-0.15, -0.1) is 0 Å². The summed E-state index contributed by atoms with van der Waals surface area (Å²) in [6.07, 6.45) is 2.78. The molecule has 1 heterocycles. The SMILES string of the molecule is CC(C)NCc1ccc(-c2ccncc2F)cc1Cl. The molecule has 2 aromatic rings. The second-order valence-corrected chi connectivity index (χ2v) is 5.10. The molecule has 0 unspecified atom stereocenters. The molecule has 0 aliphatic carbocycles. The number of rotatable bonds is 4. The smallest absolute Gasteiger partial charge is 0.149 e. The van der Waals surface area contributed by atoms with Gasteiger partial charge in [0.2, 0.25) is 0 Å². The molecule has 1 N–H and O–H groups in total. The normalized spacial score (nSPS) is 11.0. The van der Waals surface area contributed by atoms with E-state index in [4.69, 9.17) is 11.6 Å². The van der Waals surface area contributed by atoms with E-state index >= 15 is 0 Å². The number of nitrogens with zero attached hydrogens (tertiary/aromatic N) is 1. The van der Waals surface area contributed by atoms with E-state index in [0.29, 0.717) is 23.2 Å². The van der Waals surface area contributed by atoms with Gasteiger partial charge in [-0.2, -0.15) is 0 Å². The summed E-state index contributed by atoms with van der Waals surface area (Å²) >= 11 is 6.24. The molecule has 0 bridgehead atoms. The Morgan fingerprint density at radius 3 is 2.74 bits per heavy atom. The maximum Gasteiger partial charge on any atom is 0.149 e. The minimum Gasteiger partial charge on any atom is -0.310 e. The summed E-state index contributed by atoms with van der Waals surface area (Å²) in [6.45, 7) is 4.86. The van der Waals surface area contributed by atoms with Gasteiger partial charge in [-0.3, -0.25) is 4.98 Å². The summed E-state index contributed by atoms with van der Waals surface area (Å²) in [5.41, 5.74) is 2.28. The quantitative estimate of drug-likeness (QED) is 0.913. The van der Waals surface area contributed by atoms with E-state index < -0.39 is 0 Å². The van der Waals surface area contributed by atoms with E-state index in [1.807, 2.05) is 12.1 Å². The van der Waals surface area contributed by atoms with Gasteiger partial charge in [-0.25, -0.2) is 4.39 Å². The molecule has 100 valence electrons. The van der Waals surface area contributed by atoms with Crippen LogP contribution in [0.3, 0.4) is 0 Å². The molecule has 0 aliphatic rings. The molecule has 0 saturated carbocycles. The number of aromatic nitrogens is 1. The summed E-state index contributed by atoms with van der Waals surface area (Å²) in [5, 5.41) is 3.95. The molecular weight excluding hydrogens is 263 g/mol. The van der Waals surface area contributed by atoms with Crippen LogP contribution in [0, 0.1) is 5.82 Å². The van der Waals surface area contributed by atoms with Crippen molar-refractivity contribution in [3.63, 3.8) is 0 Å². The van der Waals surface area contributed by atoms with Crippen LogP contribution >= 0.6 is 11.6 Å². The van der Waals surface area contributed by atoms with Crippen molar-refractivity contribution < 1.29 is 4.39 Å². The van der Waals surface area contributed by atoms with Crippen molar-refractivity contribution in [3.05, 3.63) is 53.1 Å². The second-order valence-electron chi connectivity index (χ2n) is 4.70. The fourth-order valence-electron chi connectivity index (χ4n) is 1.78. The fourth-order valence-corrected chi connectivity index (χ4v) is 2.03. The molecule has 0 atom stereocenters. The molecule has 0 saturated heterocycles. The van der Waals surface area contributed by atoms with Crippen LogP contribution in [0.5, 0.6) is 0 Å². The van der Waals surface area contributed by atoms with Crippen molar-refractivity contribution in [1.29, 1.82) is 0 Å². The molecule has 2 nitrogen and oxygen atoms in total. The van der Waals surface area contributed by atoms with Crippen molar-refractivity contribution in [1.82, 2.24) is 10.3 Å². The Labute approximate surface area is 117 Å². The van der Waals surface area contributed by atoms with Gasteiger partial charge >= 0.3 is 0 Å². The Balaban J connectivity index is 2.26. The highest BCUT2D eigenvalue weighted by Gasteiger charge is 2.08. The van der Waals surface area contributed by atoms with Gasteiger partial charge in [-0.1, -0.05) is 37.6 Å². The van der Waals surface area contributed by atoms with Gasteiger partial charge in [0.15, 0.2) is 0 Å². The predicted octanol–water partition coefficient (Wildman–Crippen LogP) is 4.04. The highest BCUT2D eigenvalue weighted by molar-refractivity contribution is 6.31. The van der Waals surface area contributed by atoms with Gasteiger partial charge in [0, 0.05) is 29.4 Å². The van der Waals surface area contributed by atoms with Crippen LogP contribution < -0.4 is 5.32 Å². The lowest BCUT2D eigenvalue weighted by molar-refractivity contribution is 0.589. The van der Waals surface area contributed by atoms with E-state index in [1.54, 1.807) is 18.3 Å². The van der Waals surface area contributed by atoms with Crippen LogP contribution in [0.1, 0.15) is 19.4 Å². The number of benzene rings is 1. The molecule has 0 amide bonds. The molecule has 1 aromatic heterocycles. The Morgan fingerprint density at radius 1 is 1.32 bits per heavy atom. The van der Waals surface area contributed by atoms with Crippen LogP contribution in [0.4, 0.5) is 4.39 Å². The summed E-state index contributed by atoms with van der Waals surface area (Å²) in [6, 6.07) is 7.63. The first-order valence-corrected chi connectivity index (χ1v) is 6.57. The first-order chi connectivity index (χ1) is 9.08. The topological polar surface area (TPSA) is 24.9 Å². The Hall–Kier alpha value is -1.45. The third-order valence-electron chi connectivity index (χ3n) is 2.84. The van der Waals surface area contributed by atoms with E-state index in [-0.39, 0.29) is 5.82 Å². The standard InChI is InChI=1S/C15H16ClFN2/c1-10(2)19-8-12-4-3-11(7-14(12)16)13-5-6-18-9-15(13)17/h3-7,9-10,19H,8H2,1-2H3. The van der Waals surface area contributed by atoms with Gasteiger partial charge in [0.25, 0.3) is 0 Å². The van der Waals surface area contributed by atoms with Crippen LogP contribution in [0.25, 0.3) is 11.1 Å². The summed E-state index contributed by atoms with van der Waals surface area (Å²) in [7, 11) is 0. The molecule has 4 heteroatoms. The molecule has 0 fully saturated rings. The lowest BCUT2D eigenvalue weighted by atomic mass is 10.0. The molecule has 0 radical (unpaired) electrons. The molecule has 0 aliphatic heterocycles. The van der Waals surface area contributed by atoms with Gasteiger partial charge in [0.1, 0.15) is 5.82 Å². The molecule has 1 aromatic carbocycles. The fraction of sp³-hybridized carbons (Fsp3) is 0.267. The first kappa shape index (κ1) is 14.0. The summed E-state index contributed by atoms with van der Waals surface area (Å²) in [5.74, 6) is -0.341. The van der Waals surface area contributed by atoms with Crippen molar-refractivity contribution in [2.24, 2.45) is 0 Å². The minimum absolute atomic E-state index is 0.341. The minimum atomic E-state index is -0.341. The van der Waals surface area contributed by atoms with Crippen molar-refractivity contribution in [3.8, 4) is 11.1 Å². The van der Waals surface area contributed by atoms with Crippen molar-refractivity contribution in [2.45, 2.75) is 26.4 Å². The summed E-state index contributed by atoms with van der Waals surface area (Å²) in [4.78, 5) is 3.74. The Morgan fingerprint density at radius 2 is 2.11 bits per heavy atom. The van der Waals surface area contributed by atoms with Crippen LogP contribution in [-0.4, -0.2) is 11.0 Å². The zero-order valence-electron chi connectivity index (χ0n) is 11.0. The molecular formula is C15H16ClFN2.